The van der Waals surface area contributed by atoms with Crippen molar-refractivity contribution in [3.63, 3.8) is 0 Å². The van der Waals surface area contributed by atoms with Gasteiger partial charge in [0.05, 0.1) is 10.7 Å². The maximum atomic E-state index is 11.4. The summed E-state index contributed by atoms with van der Waals surface area (Å²) >= 11 is -4.92. The van der Waals surface area contributed by atoms with Gasteiger partial charge in [-0.2, -0.15) is 0 Å². The Morgan fingerprint density at radius 1 is 1.17 bits per heavy atom. The third-order valence-electron chi connectivity index (χ3n) is 5.41. The SMILES string of the molecule is CC(=O)CCC1(c2ccc([N+](=O)[O-])cc2)C=CC=C(O)C1.CC(=O)Nc1ccccc1[As](=O)(O)OO. The first-order chi connectivity index (χ1) is 16.9. The Balaban J connectivity index is 0.000000269. The van der Waals surface area contributed by atoms with Gasteiger partial charge in [0.15, 0.2) is 0 Å². The van der Waals surface area contributed by atoms with Crippen molar-refractivity contribution in [2.45, 2.75) is 38.5 Å². The molecule has 3 rings (SSSR count). The van der Waals surface area contributed by atoms with Gasteiger partial charge < -0.3 is 9.90 Å². The van der Waals surface area contributed by atoms with Gasteiger partial charge in [-0.05, 0) is 25.0 Å². The number of hydrogen-bond donors (Lipinski definition) is 4. The number of nitro groups is 1. The van der Waals surface area contributed by atoms with Gasteiger partial charge in [0, 0.05) is 30.4 Å². The van der Waals surface area contributed by atoms with Gasteiger partial charge in [0.1, 0.15) is 5.78 Å². The van der Waals surface area contributed by atoms with Crippen LogP contribution in [0.4, 0.5) is 11.4 Å². The van der Waals surface area contributed by atoms with Crippen molar-refractivity contribution in [2.75, 3.05) is 5.32 Å². The fourth-order valence-electron chi connectivity index (χ4n) is 3.67. The topological polar surface area (TPSA) is 176 Å². The van der Waals surface area contributed by atoms with Crippen molar-refractivity contribution in [1.29, 1.82) is 0 Å². The number of aliphatic hydroxyl groups is 1. The molecular formula is C24H27AsN2O9. The summed E-state index contributed by atoms with van der Waals surface area (Å²) in [7, 11) is 0. The molecule has 0 saturated carbocycles. The van der Waals surface area contributed by atoms with Crippen LogP contribution in [0.3, 0.4) is 0 Å². The van der Waals surface area contributed by atoms with E-state index in [4.69, 9.17) is 5.26 Å². The quantitative estimate of drug-likeness (QED) is 0.163. The average molecular weight is 562 g/mol. The second-order valence-electron chi connectivity index (χ2n) is 8.16. The molecule has 36 heavy (non-hydrogen) atoms. The molecule has 0 aliphatic heterocycles. The summed E-state index contributed by atoms with van der Waals surface area (Å²) in [5.74, 6) is -0.0472. The van der Waals surface area contributed by atoms with Crippen LogP contribution in [-0.4, -0.2) is 45.2 Å². The zero-order valence-electron chi connectivity index (χ0n) is 19.7. The van der Waals surface area contributed by atoms with Crippen molar-refractivity contribution >= 4 is 41.6 Å². The van der Waals surface area contributed by atoms with Crippen LogP contribution in [0.2, 0.25) is 0 Å². The molecule has 0 bridgehead atoms. The van der Waals surface area contributed by atoms with Crippen molar-refractivity contribution in [1.82, 2.24) is 0 Å². The fraction of sp³-hybridized carbons (Fsp3) is 0.250. The van der Waals surface area contributed by atoms with Gasteiger partial charge in [0.25, 0.3) is 5.69 Å². The predicted octanol–water partition coefficient (Wildman–Crippen LogP) is 3.31. The van der Waals surface area contributed by atoms with Crippen LogP contribution in [0.1, 0.15) is 38.7 Å². The maximum absolute atomic E-state index is 11.4. The van der Waals surface area contributed by atoms with Crippen LogP contribution in [-0.2, 0) is 22.6 Å². The van der Waals surface area contributed by atoms with E-state index >= 15 is 0 Å². The number of rotatable bonds is 8. The van der Waals surface area contributed by atoms with E-state index in [1.807, 2.05) is 6.08 Å². The number of amides is 1. The molecule has 2 aromatic carbocycles. The summed E-state index contributed by atoms with van der Waals surface area (Å²) < 4.78 is 24.1. The van der Waals surface area contributed by atoms with Crippen LogP contribution in [0.15, 0.2) is 72.5 Å². The summed E-state index contributed by atoms with van der Waals surface area (Å²) in [5, 5.41) is 31.2. The zero-order chi connectivity index (χ0) is 26.9. The number of anilines is 1. The summed E-state index contributed by atoms with van der Waals surface area (Å²) in [6, 6.07) is 12.1. The number of non-ortho nitro benzene ring substituents is 1. The Kier molecular flexibility index (Phi) is 9.94. The number of hydrogen-bond acceptors (Lipinski definition) is 8. The Morgan fingerprint density at radius 3 is 2.33 bits per heavy atom. The Morgan fingerprint density at radius 2 is 1.81 bits per heavy atom. The summed E-state index contributed by atoms with van der Waals surface area (Å²) in [6.45, 7) is 2.80. The number of aliphatic hydroxyl groups excluding tert-OH is 1. The normalized spacial score (nSPS) is 18.2. The molecule has 0 fully saturated rings. The number of nitrogens with one attached hydrogen (secondary N) is 1. The second-order valence-corrected chi connectivity index (χ2v) is 11.7. The Bertz CT molecular complexity index is 1220. The minimum atomic E-state index is -4.92. The van der Waals surface area contributed by atoms with E-state index in [9.17, 15) is 32.6 Å². The van der Waals surface area contributed by atoms with Crippen molar-refractivity contribution < 1.29 is 36.6 Å². The van der Waals surface area contributed by atoms with Crippen molar-refractivity contribution in [2.24, 2.45) is 0 Å². The van der Waals surface area contributed by atoms with E-state index in [1.54, 1.807) is 30.4 Å². The summed E-state index contributed by atoms with van der Waals surface area (Å²) in [6.07, 6.45) is 6.70. The number of carbonyl (C=O) groups excluding carboxylic acids is 2. The average Bonchev–Trinajstić information content (AvgIpc) is 2.83. The van der Waals surface area contributed by atoms with Gasteiger partial charge in [-0.15, -0.1) is 0 Å². The van der Waals surface area contributed by atoms with E-state index in [-0.39, 0.29) is 33.2 Å². The molecule has 4 N–H and O–H groups in total. The van der Waals surface area contributed by atoms with Crippen LogP contribution in [0, 0.1) is 10.1 Å². The number of carbonyl (C=O) groups is 2. The Hall–Kier alpha value is -3.50. The van der Waals surface area contributed by atoms with E-state index < -0.39 is 24.5 Å². The number of allylic oxidation sites excluding steroid dienone is 4. The summed E-state index contributed by atoms with van der Waals surface area (Å²) in [5.41, 5.74) is 0.564. The molecule has 1 aliphatic carbocycles. The van der Waals surface area contributed by atoms with Crippen molar-refractivity contribution in [3.05, 3.63) is 88.2 Å². The molecule has 12 heteroatoms. The molecule has 0 spiro atoms. The molecule has 0 radical (unpaired) electrons. The molecular weight excluding hydrogens is 535 g/mol. The molecule has 1 amide bonds. The molecule has 0 saturated heterocycles. The molecule has 2 unspecified atom stereocenters. The van der Waals surface area contributed by atoms with Crippen LogP contribution in [0.25, 0.3) is 0 Å². The van der Waals surface area contributed by atoms with Crippen molar-refractivity contribution in [3.8, 4) is 0 Å². The zero-order valence-corrected chi connectivity index (χ0v) is 21.5. The molecule has 192 valence electrons. The molecule has 2 atom stereocenters. The number of nitrogens with zero attached hydrogens (tertiary/aromatic N) is 1. The van der Waals surface area contributed by atoms with Crippen LogP contribution >= 0.6 is 0 Å². The van der Waals surface area contributed by atoms with E-state index in [2.05, 4.69) is 9.19 Å². The third-order valence-corrected chi connectivity index (χ3v) is 7.97. The van der Waals surface area contributed by atoms with Gasteiger partial charge in [0.2, 0.25) is 0 Å². The number of Topliss-reactive ketones (excluding diaryl/α,β-unsaturated/α-hetero) is 1. The third kappa shape index (κ3) is 7.76. The van der Waals surface area contributed by atoms with Gasteiger partial charge in [-0.25, -0.2) is 0 Å². The first kappa shape index (κ1) is 28.7. The number of para-hydroxylation sites is 1. The predicted molar refractivity (Wildman–Crippen MR) is 132 cm³/mol. The van der Waals surface area contributed by atoms with Gasteiger partial charge in [-0.3, -0.25) is 10.1 Å². The van der Waals surface area contributed by atoms with Crippen LogP contribution in [0.5, 0.6) is 0 Å². The molecule has 0 aromatic heterocycles. The molecule has 11 nitrogen and oxygen atoms in total. The van der Waals surface area contributed by atoms with Gasteiger partial charge in [-0.1, -0.05) is 24.3 Å². The molecule has 1 aliphatic rings. The number of nitro benzene ring substituents is 1. The first-order valence-electron chi connectivity index (χ1n) is 10.7. The second kappa shape index (κ2) is 12.5. The molecule has 0 heterocycles. The van der Waals surface area contributed by atoms with E-state index in [0.29, 0.717) is 19.3 Å². The van der Waals surface area contributed by atoms with Gasteiger partial charge >= 0.3 is 88.4 Å². The molecule has 2 aromatic rings. The summed E-state index contributed by atoms with van der Waals surface area (Å²) in [4.78, 5) is 32.4. The fourth-order valence-corrected chi connectivity index (χ4v) is 5.35. The number of benzene rings is 2. The van der Waals surface area contributed by atoms with Crippen LogP contribution < -0.4 is 9.67 Å². The Labute approximate surface area is 210 Å². The first-order valence-corrected chi connectivity index (χ1v) is 14.1. The minimum absolute atomic E-state index is 0.0278. The number of ketones is 1. The van der Waals surface area contributed by atoms with E-state index in [0.717, 1.165) is 5.56 Å². The van der Waals surface area contributed by atoms with E-state index in [1.165, 1.54) is 44.2 Å². The monoisotopic (exact) mass is 562 g/mol. The standard InChI is InChI=1S/C16H17NO4.C8H10AsNO5/c1-12(18)8-10-16(9-2-3-15(19)11-16)13-4-6-14(7-5-13)17(20)21;1-6(11)10-8-5-3-2-4-7(8)9(12,13)15-14/h2-7,9,19H,8,10-11H2,1H3;2-5,14H,1H3,(H,10,11)(H,12,13).